The van der Waals surface area contributed by atoms with Crippen molar-refractivity contribution >= 4 is 33.3 Å². The maximum atomic E-state index is 13.1. The summed E-state index contributed by atoms with van der Waals surface area (Å²) >= 11 is 9.41. The van der Waals surface area contributed by atoms with Gasteiger partial charge in [-0.15, -0.1) is 0 Å². The van der Waals surface area contributed by atoms with Crippen LogP contribution in [0.4, 0.5) is 4.39 Å². The summed E-state index contributed by atoms with van der Waals surface area (Å²) in [6.45, 7) is 1.58. The van der Waals surface area contributed by atoms with Crippen molar-refractivity contribution in [1.29, 1.82) is 0 Å². The highest BCUT2D eigenvalue weighted by atomic mass is 79.9. The lowest BCUT2D eigenvalue weighted by Gasteiger charge is -2.11. The Morgan fingerprint density at radius 3 is 2.70 bits per heavy atom. The zero-order valence-corrected chi connectivity index (χ0v) is 13.0. The molecule has 0 unspecified atom stereocenters. The number of hydrogen-bond donors (Lipinski definition) is 0. The lowest BCUT2D eigenvalue weighted by atomic mass is 10.1. The van der Waals surface area contributed by atoms with E-state index in [0.717, 1.165) is 10.0 Å². The van der Waals surface area contributed by atoms with Crippen molar-refractivity contribution in [2.75, 3.05) is 0 Å². The van der Waals surface area contributed by atoms with E-state index in [2.05, 4.69) is 15.9 Å². The Morgan fingerprint density at radius 2 is 2.05 bits per heavy atom. The van der Waals surface area contributed by atoms with Crippen LogP contribution < -0.4 is 4.74 Å². The topological polar surface area (TPSA) is 26.3 Å². The van der Waals surface area contributed by atoms with Crippen molar-refractivity contribution in [1.82, 2.24) is 0 Å². The van der Waals surface area contributed by atoms with Crippen molar-refractivity contribution in [3.8, 4) is 5.75 Å². The minimum absolute atomic E-state index is 0.206. The van der Waals surface area contributed by atoms with Gasteiger partial charge in [-0.3, -0.25) is 4.79 Å². The molecule has 0 spiro atoms. The average Bonchev–Trinajstić information content (AvgIpc) is 2.38. The van der Waals surface area contributed by atoms with Crippen LogP contribution >= 0.6 is 27.5 Å². The first-order valence-corrected chi connectivity index (χ1v) is 7.01. The predicted octanol–water partition coefficient (Wildman–Crippen LogP) is 5.02. The van der Waals surface area contributed by atoms with Gasteiger partial charge >= 0.3 is 0 Å². The van der Waals surface area contributed by atoms with Gasteiger partial charge in [0.2, 0.25) is 0 Å². The first kappa shape index (κ1) is 15.0. The Kier molecular flexibility index (Phi) is 4.78. The summed E-state index contributed by atoms with van der Waals surface area (Å²) in [4.78, 5) is 11.5. The second-order valence-corrected chi connectivity index (χ2v) is 5.54. The molecule has 2 aromatic rings. The van der Waals surface area contributed by atoms with Gasteiger partial charge in [0.25, 0.3) is 0 Å². The average molecular weight is 358 g/mol. The number of halogens is 3. The van der Waals surface area contributed by atoms with Gasteiger partial charge in [0.1, 0.15) is 18.2 Å². The molecule has 0 aromatic heterocycles. The lowest BCUT2D eigenvalue weighted by molar-refractivity contribution is 0.101. The molecule has 2 nitrogen and oxygen atoms in total. The van der Waals surface area contributed by atoms with E-state index in [4.69, 9.17) is 16.3 Å². The van der Waals surface area contributed by atoms with Crippen LogP contribution in [0.2, 0.25) is 5.02 Å². The van der Waals surface area contributed by atoms with Crippen LogP contribution in [-0.4, -0.2) is 5.78 Å². The van der Waals surface area contributed by atoms with Crippen LogP contribution in [0, 0.1) is 5.82 Å². The van der Waals surface area contributed by atoms with Crippen molar-refractivity contribution in [3.05, 3.63) is 62.8 Å². The van der Waals surface area contributed by atoms with E-state index in [9.17, 15) is 9.18 Å². The fourth-order valence-electron chi connectivity index (χ4n) is 1.70. The van der Waals surface area contributed by atoms with Crippen LogP contribution in [0.25, 0.3) is 0 Å². The molecule has 0 aliphatic rings. The first-order chi connectivity index (χ1) is 9.47. The third kappa shape index (κ3) is 3.58. The Bertz CT molecular complexity index is 658. The van der Waals surface area contributed by atoms with Gasteiger partial charge in [0, 0.05) is 15.1 Å². The number of benzene rings is 2. The number of carbonyl (C=O) groups is 1. The number of rotatable bonds is 4. The van der Waals surface area contributed by atoms with Crippen LogP contribution in [0.5, 0.6) is 5.75 Å². The molecule has 0 aliphatic carbocycles. The summed E-state index contributed by atoms with van der Waals surface area (Å²) in [5.41, 5.74) is 1.01. The molecule has 0 amide bonds. The summed E-state index contributed by atoms with van der Waals surface area (Å²) in [6, 6.07) is 9.30. The van der Waals surface area contributed by atoms with E-state index >= 15 is 0 Å². The predicted molar refractivity (Wildman–Crippen MR) is 79.9 cm³/mol. The molecular formula is C15H11BrClFO2. The van der Waals surface area contributed by atoms with Crippen molar-refractivity contribution in [3.63, 3.8) is 0 Å². The van der Waals surface area contributed by atoms with Gasteiger partial charge in [-0.2, -0.15) is 0 Å². The SMILES string of the molecule is CC(=O)c1cc(F)ccc1OCc1ccc(Br)cc1Cl. The molecule has 0 aliphatic heterocycles. The molecular weight excluding hydrogens is 347 g/mol. The highest BCUT2D eigenvalue weighted by molar-refractivity contribution is 9.10. The first-order valence-electron chi connectivity index (χ1n) is 5.84. The van der Waals surface area contributed by atoms with Gasteiger partial charge in [0.15, 0.2) is 5.78 Å². The largest absolute Gasteiger partial charge is 0.488 e. The number of ketones is 1. The summed E-state index contributed by atoms with van der Waals surface area (Å²) in [6.07, 6.45) is 0. The van der Waals surface area contributed by atoms with Crippen LogP contribution in [0.1, 0.15) is 22.8 Å². The van der Waals surface area contributed by atoms with Crippen molar-refractivity contribution in [2.24, 2.45) is 0 Å². The third-order valence-corrected chi connectivity index (χ3v) is 3.56. The Hall–Kier alpha value is -1.39. The van der Waals surface area contributed by atoms with E-state index in [0.29, 0.717) is 10.8 Å². The molecule has 0 saturated carbocycles. The molecule has 0 atom stereocenters. The number of carbonyl (C=O) groups excluding carboxylic acids is 1. The Morgan fingerprint density at radius 1 is 1.30 bits per heavy atom. The summed E-state index contributed by atoms with van der Waals surface area (Å²) in [5.74, 6) is -0.372. The minimum Gasteiger partial charge on any atom is -0.488 e. The Balaban J connectivity index is 2.20. The van der Waals surface area contributed by atoms with Crippen molar-refractivity contribution < 1.29 is 13.9 Å². The molecule has 104 valence electrons. The van der Waals surface area contributed by atoms with Crippen molar-refractivity contribution in [2.45, 2.75) is 13.5 Å². The second kappa shape index (κ2) is 6.37. The molecule has 0 radical (unpaired) electrons. The van der Waals surface area contributed by atoms with E-state index in [1.165, 1.54) is 25.1 Å². The molecule has 0 heterocycles. The number of hydrogen-bond acceptors (Lipinski definition) is 2. The van der Waals surface area contributed by atoms with Crippen LogP contribution in [0.15, 0.2) is 40.9 Å². The molecule has 0 N–H and O–H groups in total. The summed E-state index contributed by atoms with van der Waals surface area (Å²) in [7, 11) is 0. The van der Waals surface area contributed by atoms with Gasteiger partial charge in [-0.05, 0) is 37.3 Å². The van der Waals surface area contributed by atoms with Gasteiger partial charge in [-0.25, -0.2) is 4.39 Å². The standard InChI is InChI=1S/C15H11BrClFO2/c1-9(19)13-7-12(18)4-5-15(13)20-8-10-2-3-11(16)6-14(10)17/h2-7H,8H2,1H3. The highest BCUT2D eigenvalue weighted by Crippen LogP contribution is 2.25. The maximum absolute atomic E-state index is 13.1. The third-order valence-electron chi connectivity index (χ3n) is 2.72. The quantitative estimate of drug-likeness (QED) is 0.718. The minimum atomic E-state index is -0.468. The van der Waals surface area contributed by atoms with Crippen LogP contribution in [0.3, 0.4) is 0 Å². The molecule has 5 heteroatoms. The molecule has 20 heavy (non-hydrogen) atoms. The zero-order valence-electron chi connectivity index (χ0n) is 10.6. The van der Waals surface area contributed by atoms with E-state index in [-0.39, 0.29) is 18.0 Å². The fourth-order valence-corrected chi connectivity index (χ4v) is 2.43. The molecule has 2 aromatic carbocycles. The smallest absolute Gasteiger partial charge is 0.163 e. The Labute approximate surface area is 129 Å². The lowest BCUT2D eigenvalue weighted by Crippen LogP contribution is -2.02. The maximum Gasteiger partial charge on any atom is 0.163 e. The monoisotopic (exact) mass is 356 g/mol. The van der Waals surface area contributed by atoms with Gasteiger partial charge in [-0.1, -0.05) is 33.6 Å². The molecule has 0 bridgehead atoms. The molecule has 0 fully saturated rings. The summed E-state index contributed by atoms with van der Waals surface area (Å²) < 4.78 is 19.6. The highest BCUT2D eigenvalue weighted by Gasteiger charge is 2.11. The van der Waals surface area contributed by atoms with E-state index in [1.807, 2.05) is 12.1 Å². The molecule has 2 rings (SSSR count). The van der Waals surface area contributed by atoms with E-state index in [1.54, 1.807) is 6.07 Å². The normalized spacial score (nSPS) is 10.4. The molecule has 0 saturated heterocycles. The zero-order chi connectivity index (χ0) is 14.7. The van der Waals surface area contributed by atoms with E-state index < -0.39 is 5.82 Å². The summed E-state index contributed by atoms with van der Waals surface area (Å²) in [5, 5.41) is 0.561. The van der Waals surface area contributed by atoms with Gasteiger partial charge in [0.05, 0.1) is 5.56 Å². The van der Waals surface area contributed by atoms with Crippen LogP contribution in [-0.2, 0) is 6.61 Å². The number of ether oxygens (including phenoxy) is 1. The second-order valence-electron chi connectivity index (χ2n) is 4.22. The number of Topliss-reactive ketones (excluding diaryl/α,β-unsaturated/α-hetero) is 1. The fraction of sp³-hybridized carbons (Fsp3) is 0.133. The van der Waals surface area contributed by atoms with Gasteiger partial charge < -0.3 is 4.74 Å².